The van der Waals surface area contributed by atoms with E-state index in [4.69, 9.17) is 20.9 Å². The molecule has 5 nitrogen and oxygen atoms in total. The first-order valence-corrected chi connectivity index (χ1v) is 10.2. The molecule has 146 valence electrons. The first-order chi connectivity index (χ1) is 12.5. The van der Waals surface area contributed by atoms with E-state index in [1.165, 1.54) is 11.8 Å². The first kappa shape index (κ1) is 22.0. The number of alkyl halides is 1. The Hall–Kier alpha value is -1.28. The minimum Gasteiger partial charge on any atom is -0.400 e. The highest BCUT2D eigenvalue weighted by Crippen LogP contribution is 2.39. The lowest BCUT2D eigenvalue weighted by molar-refractivity contribution is -0.114. The summed E-state index contributed by atoms with van der Waals surface area (Å²) in [5.74, 6) is 0.142. The molecule has 0 spiro atoms. The predicted octanol–water partition coefficient (Wildman–Crippen LogP) is 4.16. The maximum absolute atomic E-state index is 11.4. The summed E-state index contributed by atoms with van der Waals surface area (Å²) >= 11 is 6.72. The Morgan fingerprint density at radius 2 is 1.70 bits per heavy atom. The third-order valence-corrected chi connectivity index (χ3v) is 5.79. The van der Waals surface area contributed by atoms with Gasteiger partial charge >= 0.3 is 7.12 Å². The van der Waals surface area contributed by atoms with E-state index in [0.717, 1.165) is 11.0 Å². The van der Waals surface area contributed by atoms with Gasteiger partial charge in [0.1, 0.15) is 5.88 Å². The van der Waals surface area contributed by atoms with E-state index in [-0.39, 0.29) is 16.9 Å². The standard InChI is InChI=1S/C19H25BClNO4S/c1-13(23)27-12-15(20-25-18(2,3)19(4,5)26-20)10-14-6-8-16(9-7-14)22-17(24)11-21/h6-10H,11-12H2,1-5H3,(H,22,24). The number of rotatable bonds is 6. The Morgan fingerprint density at radius 1 is 1.15 bits per heavy atom. The lowest BCUT2D eigenvalue weighted by Crippen LogP contribution is -2.41. The van der Waals surface area contributed by atoms with Crippen LogP contribution in [-0.4, -0.2) is 41.0 Å². The summed E-state index contributed by atoms with van der Waals surface area (Å²) < 4.78 is 12.3. The van der Waals surface area contributed by atoms with Gasteiger partial charge in [-0.15, -0.1) is 11.6 Å². The molecular weight excluding hydrogens is 385 g/mol. The fraction of sp³-hybridized carbons (Fsp3) is 0.474. The zero-order chi connectivity index (χ0) is 20.2. The average Bonchev–Trinajstić information content (AvgIpc) is 2.80. The Bertz CT molecular complexity index is 718. The molecule has 0 bridgehead atoms. The molecule has 0 saturated carbocycles. The van der Waals surface area contributed by atoms with Gasteiger partial charge in [-0.2, -0.15) is 0 Å². The summed E-state index contributed by atoms with van der Waals surface area (Å²) in [4.78, 5) is 22.8. The Kier molecular flexibility index (Phi) is 7.19. The number of hydrogen-bond donors (Lipinski definition) is 1. The SMILES string of the molecule is CC(=O)SCC(=Cc1ccc(NC(=O)CCl)cc1)B1OC(C)(C)C(C)(C)O1. The normalized spacial score (nSPS) is 18.4. The number of benzene rings is 1. The van der Waals surface area contributed by atoms with Crippen molar-refractivity contribution >= 4 is 53.3 Å². The van der Waals surface area contributed by atoms with Gasteiger partial charge < -0.3 is 14.6 Å². The van der Waals surface area contributed by atoms with Gasteiger partial charge in [-0.25, -0.2) is 0 Å². The van der Waals surface area contributed by atoms with E-state index >= 15 is 0 Å². The third kappa shape index (κ3) is 5.85. The van der Waals surface area contributed by atoms with E-state index in [1.54, 1.807) is 19.1 Å². The van der Waals surface area contributed by atoms with E-state index in [2.05, 4.69) is 5.32 Å². The molecule has 0 radical (unpaired) electrons. The highest BCUT2D eigenvalue weighted by Gasteiger charge is 2.52. The van der Waals surface area contributed by atoms with Gasteiger partial charge in [-0.05, 0) is 50.9 Å². The summed E-state index contributed by atoms with van der Waals surface area (Å²) in [7, 11) is -0.516. The van der Waals surface area contributed by atoms with Gasteiger partial charge in [0.2, 0.25) is 5.91 Å². The minimum atomic E-state index is -0.516. The molecule has 1 N–H and O–H groups in total. The van der Waals surface area contributed by atoms with Crippen molar-refractivity contribution in [3.05, 3.63) is 35.3 Å². The zero-order valence-corrected chi connectivity index (χ0v) is 17.9. The molecule has 1 heterocycles. The van der Waals surface area contributed by atoms with Crippen LogP contribution in [0.3, 0.4) is 0 Å². The minimum absolute atomic E-state index is 0.0385. The van der Waals surface area contributed by atoms with Crippen molar-refractivity contribution in [3.63, 3.8) is 0 Å². The van der Waals surface area contributed by atoms with E-state index in [9.17, 15) is 9.59 Å². The molecule has 1 saturated heterocycles. The van der Waals surface area contributed by atoms with Crippen molar-refractivity contribution in [2.24, 2.45) is 0 Å². The van der Waals surface area contributed by atoms with Crippen LogP contribution in [0.15, 0.2) is 29.7 Å². The summed E-state index contributed by atoms with van der Waals surface area (Å²) in [6.45, 7) is 9.53. The van der Waals surface area contributed by atoms with Gasteiger partial charge in [0.15, 0.2) is 5.12 Å². The average molecular weight is 410 g/mol. The predicted molar refractivity (Wildman–Crippen MR) is 113 cm³/mol. The van der Waals surface area contributed by atoms with Gasteiger partial charge in [0, 0.05) is 18.4 Å². The van der Waals surface area contributed by atoms with Crippen LogP contribution in [0, 0.1) is 0 Å². The van der Waals surface area contributed by atoms with Crippen LogP contribution in [0.25, 0.3) is 6.08 Å². The molecule has 1 aliphatic heterocycles. The van der Waals surface area contributed by atoms with Crippen LogP contribution in [0.5, 0.6) is 0 Å². The number of halogens is 1. The van der Waals surface area contributed by atoms with Gasteiger partial charge in [0.25, 0.3) is 0 Å². The van der Waals surface area contributed by atoms with Crippen LogP contribution in [0.4, 0.5) is 5.69 Å². The number of nitrogens with one attached hydrogen (secondary N) is 1. The number of anilines is 1. The lowest BCUT2D eigenvalue weighted by Gasteiger charge is -2.32. The molecule has 0 atom stereocenters. The number of hydrogen-bond acceptors (Lipinski definition) is 5. The smallest absolute Gasteiger partial charge is 0.400 e. The van der Waals surface area contributed by atoms with Crippen LogP contribution in [0.1, 0.15) is 40.2 Å². The number of carbonyl (C=O) groups is 2. The molecule has 27 heavy (non-hydrogen) atoms. The summed E-state index contributed by atoms with van der Waals surface area (Å²) in [5.41, 5.74) is 1.58. The highest BCUT2D eigenvalue weighted by molar-refractivity contribution is 8.13. The number of thioether (sulfide) groups is 1. The van der Waals surface area contributed by atoms with Crippen LogP contribution in [-0.2, 0) is 18.9 Å². The highest BCUT2D eigenvalue weighted by atomic mass is 35.5. The quantitative estimate of drug-likeness (QED) is 0.564. The Balaban J connectivity index is 2.23. The van der Waals surface area contributed by atoms with Crippen molar-refractivity contribution in [3.8, 4) is 0 Å². The van der Waals surface area contributed by atoms with Gasteiger partial charge in [0.05, 0.1) is 11.2 Å². The van der Waals surface area contributed by atoms with Crippen LogP contribution >= 0.6 is 23.4 Å². The maximum atomic E-state index is 11.4. The molecule has 1 amide bonds. The fourth-order valence-corrected chi connectivity index (χ4v) is 3.08. The van der Waals surface area contributed by atoms with Crippen LogP contribution in [0.2, 0.25) is 0 Å². The molecular formula is C19H25BClNO4S. The molecule has 8 heteroatoms. The molecule has 1 aromatic rings. The number of amides is 1. The largest absolute Gasteiger partial charge is 0.491 e. The molecule has 0 aliphatic carbocycles. The molecule has 0 unspecified atom stereocenters. The number of carbonyl (C=O) groups excluding carboxylic acids is 2. The van der Waals surface area contributed by atoms with E-state index in [0.29, 0.717) is 11.4 Å². The van der Waals surface area contributed by atoms with Crippen molar-refractivity contribution < 1.29 is 18.9 Å². The summed E-state index contributed by atoms with van der Waals surface area (Å²) in [6.07, 6.45) is 1.96. The lowest BCUT2D eigenvalue weighted by atomic mass is 9.78. The van der Waals surface area contributed by atoms with Crippen molar-refractivity contribution in [1.29, 1.82) is 0 Å². The van der Waals surface area contributed by atoms with Crippen LogP contribution < -0.4 is 5.32 Å². The fourth-order valence-electron chi connectivity index (χ4n) is 2.43. The topological polar surface area (TPSA) is 64.6 Å². The monoisotopic (exact) mass is 409 g/mol. The summed E-state index contributed by atoms with van der Waals surface area (Å²) in [5, 5.41) is 2.74. The maximum Gasteiger partial charge on any atom is 0.491 e. The second kappa shape index (κ2) is 8.82. The second-order valence-electron chi connectivity index (χ2n) is 7.39. The second-order valence-corrected chi connectivity index (χ2v) is 8.81. The van der Waals surface area contributed by atoms with Crippen molar-refractivity contribution in [1.82, 2.24) is 0 Å². The van der Waals surface area contributed by atoms with Crippen molar-refractivity contribution in [2.75, 3.05) is 16.9 Å². The van der Waals surface area contributed by atoms with Gasteiger partial charge in [-0.1, -0.05) is 30.0 Å². The third-order valence-electron chi connectivity index (χ3n) is 4.67. The molecule has 1 fully saturated rings. The first-order valence-electron chi connectivity index (χ1n) is 8.69. The van der Waals surface area contributed by atoms with Gasteiger partial charge in [-0.3, -0.25) is 9.59 Å². The molecule has 2 rings (SSSR count). The molecule has 0 aromatic heterocycles. The van der Waals surface area contributed by atoms with E-state index in [1.807, 2.05) is 45.9 Å². The molecule has 1 aromatic carbocycles. The summed E-state index contributed by atoms with van der Waals surface area (Å²) in [6, 6.07) is 7.37. The van der Waals surface area contributed by atoms with E-state index < -0.39 is 18.3 Å². The van der Waals surface area contributed by atoms with Crippen molar-refractivity contribution in [2.45, 2.75) is 45.8 Å². The molecule has 1 aliphatic rings. The zero-order valence-electron chi connectivity index (χ0n) is 16.3. The Morgan fingerprint density at radius 3 is 2.19 bits per heavy atom. The Labute approximate surface area is 170 Å².